The van der Waals surface area contributed by atoms with E-state index >= 15 is 0 Å². The number of aromatic carboxylic acids is 1. The van der Waals surface area contributed by atoms with Crippen LogP contribution in [0.2, 0.25) is 0 Å². The van der Waals surface area contributed by atoms with E-state index in [-0.39, 0.29) is 27.1 Å². The molecule has 3 aromatic rings. The monoisotopic (exact) mass is 300 g/mol. The van der Waals surface area contributed by atoms with E-state index in [1.165, 1.54) is 12.5 Å². The predicted molar refractivity (Wildman–Crippen MR) is 74.4 cm³/mol. The fourth-order valence-corrected chi connectivity index (χ4v) is 2.62. The number of thiazole rings is 1. The van der Waals surface area contributed by atoms with Crippen molar-refractivity contribution >= 4 is 23.1 Å². The highest BCUT2D eigenvalue weighted by Gasteiger charge is 2.25. The third kappa shape index (κ3) is 2.46. The molecule has 0 bridgehead atoms. The molecular weight excluding hydrogens is 292 g/mol. The molecule has 0 aliphatic heterocycles. The van der Waals surface area contributed by atoms with Crippen LogP contribution in [0.5, 0.6) is 0 Å². The number of pyridine rings is 1. The van der Waals surface area contributed by atoms with Gasteiger partial charge in [0.1, 0.15) is 16.3 Å². The quantitative estimate of drug-likeness (QED) is 0.745. The van der Waals surface area contributed by atoms with Crippen LogP contribution in [0.1, 0.15) is 25.2 Å². The maximum Gasteiger partial charge on any atom is 0.365 e. The number of hydrogen-bond acceptors (Lipinski definition) is 6. The first-order chi connectivity index (χ1) is 10.2. The molecule has 0 saturated carbocycles. The van der Waals surface area contributed by atoms with Crippen LogP contribution in [0.25, 0.3) is 11.5 Å². The minimum atomic E-state index is -1.19. The van der Waals surface area contributed by atoms with Crippen LogP contribution in [0.3, 0.4) is 0 Å². The van der Waals surface area contributed by atoms with E-state index in [0.717, 1.165) is 11.3 Å². The summed E-state index contributed by atoms with van der Waals surface area (Å²) >= 11 is 0.809. The summed E-state index contributed by atoms with van der Waals surface area (Å²) in [6, 6.07) is 8.21. The highest BCUT2D eigenvalue weighted by atomic mass is 32.1. The lowest BCUT2D eigenvalue weighted by Gasteiger charge is -1.98. The van der Waals surface area contributed by atoms with Crippen molar-refractivity contribution < 1.29 is 19.1 Å². The molecule has 0 atom stereocenters. The van der Waals surface area contributed by atoms with E-state index in [2.05, 4.69) is 9.97 Å². The Labute approximate surface area is 122 Å². The first-order valence-corrected chi connectivity index (χ1v) is 6.72. The van der Waals surface area contributed by atoms with Gasteiger partial charge in [0.2, 0.25) is 10.8 Å². The van der Waals surface area contributed by atoms with Gasteiger partial charge in [-0.15, -0.1) is 11.3 Å². The Morgan fingerprint density at radius 2 is 2.05 bits per heavy atom. The molecule has 7 heteroatoms. The van der Waals surface area contributed by atoms with Gasteiger partial charge < -0.3 is 9.52 Å². The lowest BCUT2D eigenvalue weighted by Crippen LogP contribution is -2.02. The first-order valence-electron chi connectivity index (χ1n) is 5.90. The molecule has 0 radical (unpaired) electrons. The topological polar surface area (TPSA) is 93.3 Å². The van der Waals surface area contributed by atoms with E-state index in [0.29, 0.717) is 5.76 Å². The maximum atomic E-state index is 12.5. The van der Waals surface area contributed by atoms with Crippen molar-refractivity contribution in [2.75, 3.05) is 0 Å². The van der Waals surface area contributed by atoms with Gasteiger partial charge in [0.05, 0.1) is 6.26 Å². The predicted octanol–water partition coefficient (Wildman–Crippen LogP) is 2.73. The van der Waals surface area contributed by atoms with Gasteiger partial charge in [-0.2, -0.15) is 0 Å². The van der Waals surface area contributed by atoms with Gasteiger partial charge in [-0.3, -0.25) is 9.78 Å². The Morgan fingerprint density at radius 1 is 1.19 bits per heavy atom. The van der Waals surface area contributed by atoms with Gasteiger partial charge in [-0.25, -0.2) is 9.78 Å². The zero-order chi connectivity index (χ0) is 14.8. The number of carboxylic acids is 1. The minimum Gasteiger partial charge on any atom is -0.476 e. The second-order valence-corrected chi connectivity index (χ2v) is 5.02. The molecule has 3 rings (SSSR count). The number of carbonyl (C=O) groups excluding carboxylic acids is 1. The summed E-state index contributed by atoms with van der Waals surface area (Å²) in [5.41, 5.74) is 0.448. The summed E-state index contributed by atoms with van der Waals surface area (Å²) in [4.78, 5) is 31.7. The van der Waals surface area contributed by atoms with Crippen molar-refractivity contribution in [3.63, 3.8) is 0 Å². The fourth-order valence-electron chi connectivity index (χ4n) is 1.76. The molecule has 21 heavy (non-hydrogen) atoms. The number of ketones is 1. The number of rotatable bonds is 4. The fraction of sp³-hybridized carbons (Fsp3) is 0. The SMILES string of the molecule is O=C(O)c1nc(-c2ccco2)c(C(=O)c2ccccn2)s1. The van der Waals surface area contributed by atoms with Crippen LogP contribution in [0.4, 0.5) is 0 Å². The van der Waals surface area contributed by atoms with Crippen molar-refractivity contribution in [3.05, 3.63) is 58.4 Å². The van der Waals surface area contributed by atoms with Crippen LogP contribution in [0.15, 0.2) is 47.2 Å². The molecule has 1 N–H and O–H groups in total. The molecule has 0 aliphatic carbocycles. The first kappa shape index (κ1) is 13.2. The van der Waals surface area contributed by atoms with Crippen LogP contribution >= 0.6 is 11.3 Å². The van der Waals surface area contributed by atoms with Gasteiger partial charge in [0.25, 0.3) is 0 Å². The zero-order valence-corrected chi connectivity index (χ0v) is 11.3. The molecule has 0 aliphatic rings. The molecule has 0 aromatic carbocycles. The summed E-state index contributed by atoms with van der Waals surface area (Å²) in [5, 5.41) is 8.90. The second-order valence-electron chi connectivity index (χ2n) is 4.02. The van der Waals surface area contributed by atoms with Gasteiger partial charge in [0, 0.05) is 6.20 Å². The van der Waals surface area contributed by atoms with Crippen LogP contribution in [-0.2, 0) is 0 Å². The summed E-state index contributed by atoms with van der Waals surface area (Å²) in [6.45, 7) is 0. The van der Waals surface area contributed by atoms with Crippen LogP contribution in [0, 0.1) is 0 Å². The summed E-state index contributed by atoms with van der Waals surface area (Å²) in [6.07, 6.45) is 2.93. The molecule has 104 valence electrons. The van der Waals surface area contributed by atoms with Crippen molar-refractivity contribution in [3.8, 4) is 11.5 Å². The molecule has 0 amide bonds. The van der Waals surface area contributed by atoms with Crippen LogP contribution < -0.4 is 0 Å². The number of nitrogens with zero attached hydrogens (tertiary/aromatic N) is 2. The third-order valence-corrected chi connectivity index (χ3v) is 3.71. The molecule has 3 heterocycles. The molecule has 6 nitrogen and oxygen atoms in total. The van der Waals surface area contributed by atoms with Gasteiger partial charge in [-0.1, -0.05) is 6.07 Å². The van der Waals surface area contributed by atoms with E-state index in [9.17, 15) is 9.59 Å². The Kier molecular flexibility index (Phi) is 3.33. The van der Waals surface area contributed by atoms with Crippen molar-refractivity contribution in [2.45, 2.75) is 0 Å². The third-order valence-electron chi connectivity index (χ3n) is 2.67. The number of hydrogen-bond donors (Lipinski definition) is 1. The maximum absolute atomic E-state index is 12.5. The smallest absolute Gasteiger partial charge is 0.365 e. The largest absolute Gasteiger partial charge is 0.476 e. The van der Waals surface area contributed by atoms with Crippen molar-refractivity contribution in [1.82, 2.24) is 9.97 Å². The lowest BCUT2D eigenvalue weighted by molar-refractivity contribution is 0.0696. The Hall–Kier alpha value is -2.80. The molecule has 3 aromatic heterocycles. The average Bonchev–Trinajstić information content (AvgIpc) is 3.16. The summed E-state index contributed by atoms with van der Waals surface area (Å²) < 4.78 is 5.22. The van der Waals surface area contributed by atoms with E-state index in [4.69, 9.17) is 9.52 Å². The summed E-state index contributed by atoms with van der Waals surface area (Å²) in [5.74, 6) is -1.22. The molecule has 0 spiro atoms. The molecule has 0 unspecified atom stereocenters. The Balaban J connectivity index is 2.13. The normalized spacial score (nSPS) is 10.5. The van der Waals surface area contributed by atoms with Crippen molar-refractivity contribution in [1.29, 1.82) is 0 Å². The van der Waals surface area contributed by atoms with Gasteiger partial charge >= 0.3 is 5.97 Å². The number of aromatic nitrogens is 2. The minimum absolute atomic E-state index is 0.166. The number of furan rings is 1. The number of carboxylic acid groups (broad SMARTS) is 1. The van der Waals surface area contributed by atoms with E-state index in [1.54, 1.807) is 30.3 Å². The van der Waals surface area contributed by atoms with Gasteiger partial charge in [0.15, 0.2) is 5.76 Å². The Bertz CT molecular complexity index is 794. The van der Waals surface area contributed by atoms with Crippen LogP contribution in [-0.4, -0.2) is 26.8 Å². The molecule has 0 saturated heterocycles. The standard InChI is InChI=1S/C14H8N2O4S/c17-11(8-4-1-2-6-15-8)12-10(9-5-3-7-20-9)16-13(21-12)14(18)19/h1-7H,(H,18,19). The Morgan fingerprint density at radius 3 is 2.67 bits per heavy atom. The lowest BCUT2D eigenvalue weighted by atomic mass is 10.1. The summed E-state index contributed by atoms with van der Waals surface area (Å²) in [7, 11) is 0. The van der Waals surface area contributed by atoms with Crippen molar-refractivity contribution in [2.24, 2.45) is 0 Å². The molecular formula is C14H8N2O4S. The highest BCUT2D eigenvalue weighted by Crippen LogP contribution is 2.30. The molecule has 0 fully saturated rings. The zero-order valence-electron chi connectivity index (χ0n) is 10.5. The van der Waals surface area contributed by atoms with E-state index < -0.39 is 5.97 Å². The van der Waals surface area contributed by atoms with Gasteiger partial charge in [-0.05, 0) is 24.3 Å². The van der Waals surface area contributed by atoms with E-state index in [1.807, 2.05) is 0 Å². The number of carbonyl (C=O) groups is 2. The highest BCUT2D eigenvalue weighted by molar-refractivity contribution is 7.16. The average molecular weight is 300 g/mol. The second kappa shape index (κ2) is 5.29.